The van der Waals surface area contributed by atoms with Crippen molar-refractivity contribution in [2.45, 2.75) is 25.3 Å². The Kier molecular flexibility index (Phi) is 4.84. The lowest BCUT2D eigenvalue weighted by atomic mass is 9.90. The molecular weight excluding hydrogens is 301 g/mol. The Morgan fingerprint density at radius 1 is 0.905 bits per heavy atom. The number of rotatable bonds is 3. The van der Waals surface area contributed by atoms with Crippen LogP contribution in [0.1, 0.15) is 29.9 Å². The van der Waals surface area contributed by atoms with Crippen LogP contribution in [0.3, 0.4) is 0 Å². The molecule has 0 radical (unpaired) electrons. The fourth-order valence-electron chi connectivity index (χ4n) is 3.05. The van der Waals surface area contributed by atoms with Gasteiger partial charge in [0.05, 0.1) is 0 Å². The lowest BCUT2D eigenvalue weighted by Crippen LogP contribution is -2.33. The maximum Gasteiger partial charge on any atom is 0.0406 e. The van der Waals surface area contributed by atoms with Gasteiger partial charge in [-0.05, 0) is 60.7 Å². The predicted octanol–water partition coefficient (Wildman–Crippen LogP) is 5.37. The number of piperidine rings is 1. The van der Waals surface area contributed by atoms with Crippen molar-refractivity contribution in [2.75, 3.05) is 13.1 Å². The third kappa shape index (κ3) is 4.00. The Hall–Kier alpha value is -1.02. The fraction of sp³-hybridized carbons (Fsp3) is 0.333. The monoisotopic (exact) mass is 319 g/mol. The molecule has 21 heavy (non-hydrogen) atoms. The summed E-state index contributed by atoms with van der Waals surface area (Å²) in [6.07, 6.45) is 2.51. The lowest BCUT2D eigenvalue weighted by Gasteiger charge is -2.33. The van der Waals surface area contributed by atoms with Crippen LogP contribution in [0.15, 0.2) is 48.5 Å². The standard InChI is InChI=1S/C18H19Cl2N/c19-17-7-3-14(4-8-17)12-21-11-1-2-16(13-21)15-5-9-18(20)10-6-15/h3-10,16H,1-2,11-13H2. The van der Waals surface area contributed by atoms with Crippen molar-refractivity contribution in [3.8, 4) is 0 Å². The summed E-state index contributed by atoms with van der Waals surface area (Å²) in [5, 5.41) is 1.61. The van der Waals surface area contributed by atoms with Gasteiger partial charge in [0.1, 0.15) is 0 Å². The van der Waals surface area contributed by atoms with Crippen molar-refractivity contribution in [1.82, 2.24) is 4.90 Å². The minimum atomic E-state index is 0.614. The van der Waals surface area contributed by atoms with Crippen molar-refractivity contribution in [3.63, 3.8) is 0 Å². The lowest BCUT2D eigenvalue weighted by molar-refractivity contribution is 0.200. The number of likely N-dealkylation sites (tertiary alicyclic amines) is 1. The summed E-state index contributed by atoms with van der Waals surface area (Å²) in [5.74, 6) is 0.614. The first kappa shape index (κ1) is 14.9. The van der Waals surface area contributed by atoms with Crippen LogP contribution in [-0.4, -0.2) is 18.0 Å². The highest BCUT2D eigenvalue weighted by molar-refractivity contribution is 6.30. The van der Waals surface area contributed by atoms with Crippen molar-refractivity contribution in [2.24, 2.45) is 0 Å². The number of hydrogen-bond donors (Lipinski definition) is 0. The van der Waals surface area contributed by atoms with E-state index < -0.39 is 0 Å². The first-order valence-electron chi connectivity index (χ1n) is 7.43. The summed E-state index contributed by atoms with van der Waals surface area (Å²) >= 11 is 11.9. The fourth-order valence-corrected chi connectivity index (χ4v) is 3.31. The summed E-state index contributed by atoms with van der Waals surface area (Å²) in [6.45, 7) is 3.29. The van der Waals surface area contributed by atoms with Crippen molar-refractivity contribution >= 4 is 23.2 Å². The Morgan fingerprint density at radius 2 is 1.52 bits per heavy atom. The third-order valence-corrected chi connectivity index (χ3v) is 4.67. The van der Waals surface area contributed by atoms with E-state index in [1.165, 1.54) is 30.5 Å². The van der Waals surface area contributed by atoms with Crippen molar-refractivity contribution in [3.05, 3.63) is 69.7 Å². The minimum absolute atomic E-state index is 0.614. The summed E-state index contributed by atoms with van der Waals surface area (Å²) in [4.78, 5) is 2.53. The highest BCUT2D eigenvalue weighted by atomic mass is 35.5. The summed E-state index contributed by atoms with van der Waals surface area (Å²) in [5.41, 5.74) is 2.73. The molecule has 0 bridgehead atoms. The molecule has 0 N–H and O–H groups in total. The van der Waals surface area contributed by atoms with E-state index in [0.717, 1.165) is 23.1 Å². The molecule has 1 fully saturated rings. The molecule has 1 saturated heterocycles. The molecule has 1 nitrogen and oxygen atoms in total. The molecule has 1 unspecified atom stereocenters. The zero-order valence-corrected chi connectivity index (χ0v) is 13.4. The van der Waals surface area contributed by atoms with E-state index in [9.17, 15) is 0 Å². The minimum Gasteiger partial charge on any atom is -0.298 e. The summed E-state index contributed by atoms with van der Waals surface area (Å²) in [7, 11) is 0. The molecule has 0 spiro atoms. The molecule has 1 heterocycles. The second kappa shape index (κ2) is 6.83. The van der Waals surface area contributed by atoms with E-state index in [1.807, 2.05) is 24.3 Å². The quantitative estimate of drug-likeness (QED) is 0.734. The summed E-state index contributed by atoms with van der Waals surface area (Å²) in [6, 6.07) is 16.5. The molecule has 0 aromatic heterocycles. The van der Waals surface area contributed by atoms with Crippen molar-refractivity contribution < 1.29 is 0 Å². The van der Waals surface area contributed by atoms with Crippen LogP contribution in [0.5, 0.6) is 0 Å². The van der Waals surface area contributed by atoms with Gasteiger partial charge in [0.15, 0.2) is 0 Å². The van der Waals surface area contributed by atoms with Gasteiger partial charge in [-0.3, -0.25) is 4.90 Å². The van der Waals surface area contributed by atoms with Crippen LogP contribution >= 0.6 is 23.2 Å². The van der Waals surface area contributed by atoms with Gasteiger partial charge in [-0.1, -0.05) is 47.5 Å². The molecule has 1 aliphatic rings. The molecular formula is C18H19Cl2N. The van der Waals surface area contributed by atoms with Gasteiger partial charge in [-0.25, -0.2) is 0 Å². The van der Waals surface area contributed by atoms with Crippen LogP contribution in [0, 0.1) is 0 Å². The molecule has 110 valence electrons. The van der Waals surface area contributed by atoms with Gasteiger partial charge in [-0.2, -0.15) is 0 Å². The first-order valence-corrected chi connectivity index (χ1v) is 8.18. The molecule has 0 saturated carbocycles. The second-order valence-corrected chi connectivity index (χ2v) is 6.63. The van der Waals surface area contributed by atoms with E-state index >= 15 is 0 Å². The molecule has 1 aliphatic heterocycles. The van der Waals surface area contributed by atoms with Crippen LogP contribution in [-0.2, 0) is 6.54 Å². The van der Waals surface area contributed by atoms with E-state index in [-0.39, 0.29) is 0 Å². The molecule has 3 heteroatoms. The average molecular weight is 320 g/mol. The van der Waals surface area contributed by atoms with Gasteiger partial charge in [0, 0.05) is 23.1 Å². The molecule has 1 atom stereocenters. The van der Waals surface area contributed by atoms with Crippen LogP contribution in [0.25, 0.3) is 0 Å². The topological polar surface area (TPSA) is 3.24 Å². The van der Waals surface area contributed by atoms with Crippen molar-refractivity contribution in [1.29, 1.82) is 0 Å². The van der Waals surface area contributed by atoms with E-state index in [1.54, 1.807) is 0 Å². The van der Waals surface area contributed by atoms with Gasteiger partial charge in [0.25, 0.3) is 0 Å². The van der Waals surface area contributed by atoms with E-state index in [2.05, 4.69) is 29.2 Å². The number of benzene rings is 2. The number of nitrogens with zero attached hydrogens (tertiary/aromatic N) is 1. The van der Waals surface area contributed by atoms with Crippen LogP contribution in [0.2, 0.25) is 10.0 Å². The Labute approximate surface area is 136 Å². The van der Waals surface area contributed by atoms with E-state index in [0.29, 0.717) is 5.92 Å². The molecule has 3 rings (SSSR count). The highest BCUT2D eigenvalue weighted by Gasteiger charge is 2.21. The zero-order chi connectivity index (χ0) is 14.7. The smallest absolute Gasteiger partial charge is 0.0406 e. The maximum absolute atomic E-state index is 5.98. The van der Waals surface area contributed by atoms with Gasteiger partial charge >= 0.3 is 0 Å². The van der Waals surface area contributed by atoms with Gasteiger partial charge < -0.3 is 0 Å². The molecule has 2 aromatic rings. The van der Waals surface area contributed by atoms with Crippen LogP contribution < -0.4 is 0 Å². The average Bonchev–Trinajstić information content (AvgIpc) is 2.51. The Balaban J connectivity index is 1.65. The Bertz CT molecular complexity index is 577. The predicted molar refractivity (Wildman–Crippen MR) is 90.2 cm³/mol. The molecule has 2 aromatic carbocycles. The van der Waals surface area contributed by atoms with Gasteiger partial charge in [0.2, 0.25) is 0 Å². The van der Waals surface area contributed by atoms with E-state index in [4.69, 9.17) is 23.2 Å². The molecule has 0 amide bonds. The first-order chi connectivity index (χ1) is 10.2. The third-order valence-electron chi connectivity index (χ3n) is 4.17. The zero-order valence-electron chi connectivity index (χ0n) is 11.9. The maximum atomic E-state index is 5.98. The Morgan fingerprint density at radius 3 is 2.19 bits per heavy atom. The number of hydrogen-bond acceptors (Lipinski definition) is 1. The summed E-state index contributed by atoms with van der Waals surface area (Å²) < 4.78 is 0. The van der Waals surface area contributed by atoms with Crippen LogP contribution in [0.4, 0.5) is 0 Å². The normalized spacial score (nSPS) is 19.6. The van der Waals surface area contributed by atoms with Gasteiger partial charge in [-0.15, -0.1) is 0 Å². The molecule has 0 aliphatic carbocycles. The largest absolute Gasteiger partial charge is 0.298 e. The number of halogens is 2. The second-order valence-electron chi connectivity index (χ2n) is 5.75. The SMILES string of the molecule is Clc1ccc(CN2CCCC(c3ccc(Cl)cc3)C2)cc1. The highest BCUT2D eigenvalue weighted by Crippen LogP contribution is 2.28.